The summed E-state index contributed by atoms with van der Waals surface area (Å²) in [4.78, 5) is 0. The van der Waals surface area contributed by atoms with Crippen LogP contribution in [0, 0.1) is 6.92 Å². The molecule has 0 saturated heterocycles. The Morgan fingerprint density at radius 3 is 2.82 bits per heavy atom. The molecule has 0 aliphatic heterocycles. The maximum absolute atomic E-state index is 5.08. The van der Waals surface area contributed by atoms with Gasteiger partial charge in [0.05, 0.1) is 6.26 Å². The van der Waals surface area contributed by atoms with E-state index in [1.165, 1.54) is 24.8 Å². The zero-order valence-electron chi connectivity index (χ0n) is 7.10. The summed E-state index contributed by atoms with van der Waals surface area (Å²) in [6.45, 7) is 5.91. The van der Waals surface area contributed by atoms with E-state index >= 15 is 0 Å². The van der Waals surface area contributed by atoms with Gasteiger partial charge in [-0.25, -0.2) is 0 Å². The first-order chi connectivity index (χ1) is 5.33. The zero-order valence-corrected chi connectivity index (χ0v) is 7.10. The molecule has 1 aromatic rings. The first kappa shape index (κ1) is 8.38. The number of hydrogen-bond donors (Lipinski definition) is 0. The summed E-state index contributed by atoms with van der Waals surface area (Å²) in [6, 6.07) is 2.01. The zero-order chi connectivity index (χ0) is 8.10. The predicted octanol–water partition coefficient (Wildman–Crippen LogP) is 3.19. The lowest BCUT2D eigenvalue weighted by Crippen LogP contribution is -1.80. The van der Waals surface area contributed by atoms with Crippen LogP contribution in [-0.2, 0) is 6.42 Å². The van der Waals surface area contributed by atoms with Crippen molar-refractivity contribution in [1.29, 1.82) is 0 Å². The van der Waals surface area contributed by atoms with E-state index in [1.807, 2.05) is 6.07 Å². The molecule has 0 aliphatic carbocycles. The number of aryl methyl sites for hydroxylation is 1. The van der Waals surface area contributed by atoms with Gasteiger partial charge in [-0.1, -0.05) is 19.8 Å². The van der Waals surface area contributed by atoms with Crippen molar-refractivity contribution < 1.29 is 4.42 Å². The number of furan rings is 1. The van der Waals surface area contributed by atoms with Gasteiger partial charge in [0.15, 0.2) is 0 Å². The summed E-state index contributed by atoms with van der Waals surface area (Å²) in [5.74, 6) is 0.775. The Balaban J connectivity index is 2.27. The van der Waals surface area contributed by atoms with Crippen molar-refractivity contribution in [2.45, 2.75) is 32.6 Å². The quantitative estimate of drug-likeness (QED) is 0.602. The SMILES string of the molecule is [CH2]c1cc(CCCCC)co1. The van der Waals surface area contributed by atoms with Crippen LogP contribution in [0.4, 0.5) is 0 Å². The van der Waals surface area contributed by atoms with E-state index in [0.717, 1.165) is 12.2 Å². The van der Waals surface area contributed by atoms with E-state index in [4.69, 9.17) is 4.42 Å². The summed E-state index contributed by atoms with van der Waals surface area (Å²) in [5.41, 5.74) is 1.28. The summed E-state index contributed by atoms with van der Waals surface area (Å²) in [5, 5.41) is 0. The predicted molar refractivity (Wildman–Crippen MR) is 46.4 cm³/mol. The Labute approximate surface area is 68.4 Å². The van der Waals surface area contributed by atoms with E-state index in [0.29, 0.717) is 0 Å². The molecule has 0 atom stereocenters. The van der Waals surface area contributed by atoms with E-state index in [1.54, 1.807) is 6.26 Å². The van der Waals surface area contributed by atoms with Gasteiger partial charge in [-0.3, -0.25) is 0 Å². The molecule has 61 valence electrons. The fourth-order valence-corrected chi connectivity index (χ4v) is 1.14. The Morgan fingerprint density at radius 2 is 2.27 bits per heavy atom. The van der Waals surface area contributed by atoms with Gasteiger partial charge in [-0.05, 0) is 24.5 Å². The second-order valence-electron chi connectivity index (χ2n) is 2.88. The van der Waals surface area contributed by atoms with Crippen LogP contribution < -0.4 is 0 Å². The molecule has 0 spiro atoms. The lowest BCUT2D eigenvalue weighted by molar-refractivity contribution is 0.544. The minimum Gasteiger partial charge on any atom is -0.469 e. The van der Waals surface area contributed by atoms with Gasteiger partial charge in [0, 0.05) is 6.92 Å². The molecular formula is C10H15O. The molecule has 0 bridgehead atoms. The molecule has 0 fully saturated rings. The lowest BCUT2D eigenvalue weighted by atomic mass is 10.1. The van der Waals surface area contributed by atoms with Crippen molar-refractivity contribution in [2.24, 2.45) is 0 Å². The molecular weight excluding hydrogens is 136 g/mol. The third-order valence-corrected chi connectivity index (χ3v) is 1.78. The Hall–Kier alpha value is -0.720. The number of hydrogen-bond acceptors (Lipinski definition) is 1. The maximum Gasteiger partial charge on any atom is 0.104 e. The van der Waals surface area contributed by atoms with Gasteiger partial charge in [0.25, 0.3) is 0 Å². The van der Waals surface area contributed by atoms with Crippen LogP contribution in [0.1, 0.15) is 37.5 Å². The van der Waals surface area contributed by atoms with Crippen molar-refractivity contribution in [3.8, 4) is 0 Å². The molecule has 0 saturated carbocycles. The number of unbranched alkanes of at least 4 members (excludes halogenated alkanes) is 2. The Kier molecular flexibility index (Phi) is 3.21. The standard InChI is InChI=1S/C10H15O/c1-3-4-5-6-10-7-9(2)11-8-10/h7-8H,2-6H2,1H3. The molecule has 1 aromatic heterocycles. The normalized spacial score (nSPS) is 10.4. The third-order valence-electron chi connectivity index (χ3n) is 1.78. The second-order valence-corrected chi connectivity index (χ2v) is 2.88. The van der Waals surface area contributed by atoms with E-state index in [-0.39, 0.29) is 0 Å². The molecule has 11 heavy (non-hydrogen) atoms. The van der Waals surface area contributed by atoms with Crippen LogP contribution in [0.5, 0.6) is 0 Å². The summed E-state index contributed by atoms with van der Waals surface area (Å²) < 4.78 is 5.08. The van der Waals surface area contributed by atoms with Crippen molar-refractivity contribution in [2.75, 3.05) is 0 Å². The lowest BCUT2D eigenvalue weighted by Gasteiger charge is -1.93. The van der Waals surface area contributed by atoms with Gasteiger partial charge < -0.3 is 4.42 Å². The average Bonchev–Trinajstić information content (AvgIpc) is 2.37. The molecule has 0 unspecified atom stereocenters. The highest BCUT2D eigenvalue weighted by Crippen LogP contribution is 2.10. The van der Waals surface area contributed by atoms with Crippen molar-refractivity contribution in [3.63, 3.8) is 0 Å². The van der Waals surface area contributed by atoms with Crippen LogP contribution in [0.3, 0.4) is 0 Å². The summed E-state index contributed by atoms with van der Waals surface area (Å²) in [7, 11) is 0. The molecule has 1 nitrogen and oxygen atoms in total. The largest absolute Gasteiger partial charge is 0.469 e. The van der Waals surface area contributed by atoms with Gasteiger partial charge in [0.2, 0.25) is 0 Å². The third kappa shape index (κ3) is 2.79. The molecule has 0 aliphatic rings. The molecule has 0 N–H and O–H groups in total. The fourth-order valence-electron chi connectivity index (χ4n) is 1.14. The van der Waals surface area contributed by atoms with Crippen molar-refractivity contribution in [1.82, 2.24) is 0 Å². The van der Waals surface area contributed by atoms with Crippen LogP contribution in [0.15, 0.2) is 16.7 Å². The van der Waals surface area contributed by atoms with Crippen LogP contribution >= 0.6 is 0 Å². The smallest absolute Gasteiger partial charge is 0.104 e. The summed E-state index contributed by atoms with van der Waals surface area (Å²) >= 11 is 0. The molecule has 1 heteroatoms. The fraction of sp³-hybridized carbons (Fsp3) is 0.500. The van der Waals surface area contributed by atoms with Gasteiger partial charge in [-0.2, -0.15) is 0 Å². The molecule has 1 rings (SSSR count). The van der Waals surface area contributed by atoms with Crippen LogP contribution in [0.2, 0.25) is 0 Å². The van der Waals surface area contributed by atoms with E-state index in [9.17, 15) is 0 Å². The maximum atomic E-state index is 5.08. The topological polar surface area (TPSA) is 13.1 Å². The van der Waals surface area contributed by atoms with Crippen molar-refractivity contribution in [3.05, 3.63) is 30.6 Å². The highest BCUT2D eigenvalue weighted by Gasteiger charge is 1.96. The van der Waals surface area contributed by atoms with E-state index < -0.39 is 0 Å². The number of rotatable bonds is 4. The molecule has 1 heterocycles. The van der Waals surface area contributed by atoms with Gasteiger partial charge >= 0.3 is 0 Å². The first-order valence-electron chi connectivity index (χ1n) is 4.22. The highest BCUT2D eigenvalue weighted by molar-refractivity contribution is 5.14. The Morgan fingerprint density at radius 1 is 1.45 bits per heavy atom. The van der Waals surface area contributed by atoms with Gasteiger partial charge in [-0.15, -0.1) is 0 Å². The van der Waals surface area contributed by atoms with Crippen molar-refractivity contribution >= 4 is 0 Å². The molecule has 0 aromatic carbocycles. The second kappa shape index (κ2) is 4.22. The first-order valence-corrected chi connectivity index (χ1v) is 4.22. The van der Waals surface area contributed by atoms with Crippen LogP contribution in [-0.4, -0.2) is 0 Å². The average molecular weight is 151 g/mol. The van der Waals surface area contributed by atoms with Crippen LogP contribution in [0.25, 0.3) is 0 Å². The van der Waals surface area contributed by atoms with E-state index in [2.05, 4.69) is 13.8 Å². The minimum atomic E-state index is 0.775. The molecule has 1 radical (unpaired) electrons. The Bertz CT molecular complexity index is 200. The minimum absolute atomic E-state index is 0.775. The monoisotopic (exact) mass is 151 g/mol. The van der Waals surface area contributed by atoms with Gasteiger partial charge in [0.1, 0.15) is 5.76 Å². The summed E-state index contributed by atoms with van der Waals surface area (Å²) in [6.07, 6.45) is 6.77. The highest BCUT2D eigenvalue weighted by atomic mass is 16.3. The molecule has 0 amide bonds.